The Balaban J connectivity index is 2.43. The van der Waals surface area contributed by atoms with E-state index in [4.69, 9.17) is 4.74 Å². The van der Waals surface area contributed by atoms with Crippen LogP contribution < -0.4 is 4.74 Å². The van der Waals surface area contributed by atoms with Gasteiger partial charge in [-0.1, -0.05) is 22.0 Å². The maximum absolute atomic E-state index is 5.58. The smallest absolute Gasteiger partial charge is 0.128 e. The first kappa shape index (κ1) is 9.46. The first-order valence-electron chi connectivity index (χ1n) is 4.44. The molecule has 0 spiro atoms. The lowest BCUT2D eigenvalue weighted by molar-refractivity contribution is 0.349. The summed E-state index contributed by atoms with van der Waals surface area (Å²) in [4.78, 5) is 4.26. The fourth-order valence-electron chi connectivity index (χ4n) is 1.35. The van der Waals surface area contributed by atoms with Crippen LogP contribution in [-0.2, 0) is 0 Å². The quantitative estimate of drug-likeness (QED) is 0.783. The molecule has 0 amide bonds. The Morgan fingerprint density at radius 1 is 1.21 bits per heavy atom. The lowest BCUT2D eigenvalue weighted by atomic mass is 10.2. The average molecular weight is 252 g/mol. The van der Waals surface area contributed by atoms with Crippen LogP contribution >= 0.6 is 15.9 Å². The summed E-state index contributed by atoms with van der Waals surface area (Å²) in [5.74, 6) is 0.898. The van der Waals surface area contributed by atoms with E-state index in [-0.39, 0.29) is 0 Å². The summed E-state index contributed by atoms with van der Waals surface area (Å²) in [7, 11) is 0. The summed E-state index contributed by atoms with van der Waals surface area (Å²) in [5, 5.41) is 1.90. The molecule has 3 heteroatoms. The van der Waals surface area contributed by atoms with Gasteiger partial charge in [0.1, 0.15) is 5.75 Å². The second-order valence-electron chi connectivity index (χ2n) is 2.86. The summed E-state index contributed by atoms with van der Waals surface area (Å²) in [6.45, 7) is 0.675. The highest BCUT2D eigenvalue weighted by Gasteiger charge is 2.00. The number of ether oxygens (including phenoxy) is 1. The Kier molecular flexibility index (Phi) is 2.99. The molecule has 72 valence electrons. The highest BCUT2D eigenvalue weighted by atomic mass is 79.9. The molecule has 0 unspecified atom stereocenters. The minimum absolute atomic E-state index is 0.675. The number of nitrogens with zero attached hydrogens (tertiary/aromatic N) is 1. The van der Waals surface area contributed by atoms with Crippen LogP contribution in [-0.4, -0.2) is 16.9 Å². The van der Waals surface area contributed by atoms with Crippen molar-refractivity contribution in [3.63, 3.8) is 0 Å². The summed E-state index contributed by atoms with van der Waals surface area (Å²) in [6, 6.07) is 9.84. The molecule has 0 aliphatic rings. The van der Waals surface area contributed by atoms with Gasteiger partial charge in [-0.15, -0.1) is 0 Å². The zero-order chi connectivity index (χ0) is 9.80. The monoisotopic (exact) mass is 251 g/mol. The zero-order valence-corrected chi connectivity index (χ0v) is 9.20. The minimum Gasteiger partial charge on any atom is -0.492 e. The number of pyridine rings is 1. The molecule has 0 aliphatic heterocycles. The van der Waals surface area contributed by atoms with Gasteiger partial charge in [-0.25, -0.2) is 0 Å². The van der Waals surface area contributed by atoms with Crippen molar-refractivity contribution in [2.75, 3.05) is 11.9 Å². The molecule has 0 N–H and O–H groups in total. The van der Waals surface area contributed by atoms with E-state index in [1.807, 2.05) is 30.3 Å². The molecule has 0 radical (unpaired) electrons. The summed E-state index contributed by atoms with van der Waals surface area (Å²) >= 11 is 3.33. The molecule has 0 aliphatic carbocycles. The van der Waals surface area contributed by atoms with E-state index in [0.717, 1.165) is 22.0 Å². The number of benzene rings is 1. The van der Waals surface area contributed by atoms with Crippen LogP contribution in [0.4, 0.5) is 0 Å². The van der Waals surface area contributed by atoms with Gasteiger partial charge in [0, 0.05) is 16.9 Å². The Bertz CT molecular complexity index is 425. The highest BCUT2D eigenvalue weighted by molar-refractivity contribution is 9.09. The van der Waals surface area contributed by atoms with Gasteiger partial charge in [0.15, 0.2) is 0 Å². The van der Waals surface area contributed by atoms with Crippen LogP contribution in [0.1, 0.15) is 0 Å². The number of halogens is 1. The molecule has 0 saturated heterocycles. The van der Waals surface area contributed by atoms with Crippen LogP contribution in [0, 0.1) is 0 Å². The van der Waals surface area contributed by atoms with E-state index in [9.17, 15) is 0 Å². The molecule has 1 aromatic heterocycles. The fraction of sp³-hybridized carbons (Fsp3) is 0.182. The Hall–Kier alpha value is -1.09. The van der Waals surface area contributed by atoms with E-state index in [1.165, 1.54) is 0 Å². The van der Waals surface area contributed by atoms with Crippen LogP contribution in [0.2, 0.25) is 0 Å². The van der Waals surface area contributed by atoms with E-state index in [1.54, 1.807) is 6.20 Å². The third-order valence-corrected chi connectivity index (χ3v) is 2.26. The molecule has 1 aromatic carbocycles. The predicted molar refractivity (Wildman–Crippen MR) is 61.0 cm³/mol. The van der Waals surface area contributed by atoms with Crippen molar-refractivity contribution in [3.05, 3.63) is 36.5 Å². The predicted octanol–water partition coefficient (Wildman–Crippen LogP) is 3.01. The molecule has 2 nitrogen and oxygen atoms in total. The summed E-state index contributed by atoms with van der Waals surface area (Å²) < 4.78 is 5.58. The number of alkyl halides is 1. The Morgan fingerprint density at radius 2 is 2.14 bits per heavy atom. The van der Waals surface area contributed by atoms with E-state index in [0.29, 0.717) is 6.61 Å². The van der Waals surface area contributed by atoms with E-state index >= 15 is 0 Å². The van der Waals surface area contributed by atoms with Crippen LogP contribution in [0.3, 0.4) is 0 Å². The summed E-state index contributed by atoms with van der Waals surface area (Å²) in [5.41, 5.74) is 0.972. The van der Waals surface area contributed by atoms with Gasteiger partial charge in [0.05, 0.1) is 12.1 Å². The van der Waals surface area contributed by atoms with Gasteiger partial charge in [0.25, 0.3) is 0 Å². The molecule has 0 bridgehead atoms. The van der Waals surface area contributed by atoms with Crippen molar-refractivity contribution in [3.8, 4) is 5.75 Å². The number of aromatic nitrogens is 1. The normalized spacial score (nSPS) is 10.4. The molecule has 0 fully saturated rings. The van der Waals surface area contributed by atoms with Crippen LogP contribution in [0.5, 0.6) is 5.75 Å². The lowest BCUT2D eigenvalue weighted by Gasteiger charge is -2.06. The summed E-state index contributed by atoms with van der Waals surface area (Å²) in [6.07, 6.45) is 1.79. The third-order valence-electron chi connectivity index (χ3n) is 1.94. The van der Waals surface area contributed by atoms with Gasteiger partial charge in [-0.2, -0.15) is 0 Å². The van der Waals surface area contributed by atoms with Crippen molar-refractivity contribution in [1.82, 2.24) is 4.98 Å². The number of fused-ring (bicyclic) bond motifs is 1. The van der Waals surface area contributed by atoms with Gasteiger partial charge in [-0.05, 0) is 24.3 Å². The Labute approximate surface area is 91.0 Å². The molecule has 2 rings (SSSR count). The Morgan fingerprint density at radius 3 is 3.00 bits per heavy atom. The topological polar surface area (TPSA) is 22.1 Å². The largest absolute Gasteiger partial charge is 0.492 e. The maximum Gasteiger partial charge on any atom is 0.128 e. The first-order chi connectivity index (χ1) is 6.92. The molecule has 14 heavy (non-hydrogen) atoms. The number of rotatable bonds is 3. The number of hydrogen-bond donors (Lipinski definition) is 0. The van der Waals surface area contributed by atoms with Crippen molar-refractivity contribution in [2.45, 2.75) is 0 Å². The van der Waals surface area contributed by atoms with Gasteiger partial charge < -0.3 is 4.74 Å². The molecule has 2 aromatic rings. The van der Waals surface area contributed by atoms with Gasteiger partial charge in [-0.3, -0.25) is 4.98 Å². The van der Waals surface area contributed by atoms with Crippen LogP contribution in [0.15, 0.2) is 36.5 Å². The van der Waals surface area contributed by atoms with Crippen molar-refractivity contribution in [1.29, 1.82) is 0 Å². The standard InChI is InChI=1S/C11H10BrNO/c12-6-8-14-11-5-1-4-10-9(11)3-2-7-13-10/h1-5,7H,6,8H2. The van der Waals surface area contributed by atoms with Crippen molar-refractivity contribution in [2.24, 2.45) is 0 Å². The SMILES string of the molecule is BrCCOc1cccc2ncccc12. The molecular weight excluding hydrogens is 242 g/mol. The fourth-order valence-corrected chi connectivity index (χ4v) is 1.51. The first-order valence-corrected chi connectivity index (χ1v) is 5.56. The van der Waals surface area contributed by atoms with E-state index < -0.39 is 0 Å². The van der Waals surface area contributed by atoms with Crippen molar-refractivity contribution >= 4 is 26.8 Å². The number of hydrogen-bond acceptors (Lipinski definition) is 2. The van der Waals surface area contributed by atoms with Crippen LogP contribution in [0.25, 0.3) is 10.9 Å². The zero-order valence-electron chi connectivity index (χ0n) is 7.61. The van der Waals surface area contributed by atoms with Gasteiger partial charge >= 0.3 is 0 Å². The molecule has 0 atom stereocenters. The molecule has 0 saturated carbocycles. The minimum atomic E-state index is 0.675. The van der Waals surface area contributed by atoms with E-state index in [2.05, 4.69) is 20.9 Å². The lowest BCUT2D eigenvalue weighted by Crippen LogP contribution is -1.98. The third kappa shape index (κ3) is 1.87. The second kappa shape index (κ2) is 4.42. The second-order valence-corrected chi connectivity index (χ2v) is 3.66. The molecule has 1 heterocycles. The average Bonchev–Trinajstić information content (AvgIpc) is 2.26. The maximum atomic E-state index is 5.58. The van der Waals surface area contributed by atoms with Crippen molar-refractivity contribution < 1.29 is 4.74 Å². The molecular formula is C11H10BrNO. The van der Waals surface area contributed by atoms with Gasteiger partial charge in [0.2, 0.25) is 0 Å². The highest BCUT2D eigenvalue weighted by Crippen LogP contribution is 2.23.